The van der Waals surface area contributed by atoms with Crippen LogP contribution in [0, 0.1) is 18.3 Å². The third-order valence-corrected chi connectivity index (χ3v) is 3.05. The van der Waals surface area contributed by atoms with Gasteiger partial charge in [-0.3, -0.25) is 0 Å². The standard InChI is InChI=1S/C10H10ClNOS/c1-7-5-9(13-2)10(6-8(7)11)14-4-3-12/h5-6H,4H2,1-2H3. The van der Waals surface area contributed by atoms with E-state index in [1.807, 2.05) is 19.1 Å². The molecule has 1 aromatic rings. The molecule has 0 fully saturated rings. The Bertz CT molecular complexity index is 373. The van der Waals surface area contributed by atoms with Crippen LogP contribution in [-0.4, -0.2) is 12.9 Å². The van der Waals surface area contributed by atoms with Crippen LogP contribution >= 0.6 is 23.4 Å². The molecule has 0 aliphatic carbocycles. The highest BCUT2D eigenvalue weighted by Crippen LogP contribution is 2.33. The predicted octanol–water partition coefficient (Wildman–Crippen LogP) is 3.27. The quantitative estimate of drug-likeness (QED) is 0.743. The molecule has 74 valence electrons. The van der Waals surface area contributed by atoms with Crippen LogP contribution in [0.3, 0.4) is 0 Å². The van der Waals surface area contributed by atoms with E-state index >= 15 is 0 Å². The van der Waals surface area contributed by atoms with Gasteiger partial charge >= 0.3 is 0 Å². The molecule has 0 atom stereocenters. The summed E-state index contributed by atoms with van der Waals surface area (Å²) in [5.74, 6) is 1.17. The van der Waals surface area contributed by atoms with Gasteiger partial charge in [-0.15, -0.1) is 11.8 Å². The van der Waals surface area contributed by atoms with Crippen molar-refractivity contribution < 1.29 is 4.74 Å². The average molecular weight is 228 g/mol. The van der Waals surface area contributed by atoms with E-state index in [9.17, 15) is 0 Å². The van der Waals surface area contributed by atoms with E-state index in [1.54, 1.807) is 7.11 Å². The number of hydrogen-bond acceptors (Lipinski definition) is 3. The first-order chi connectivity index (χ1) is 6.69. The summed E-state index contributed by atoms with van der Waals surface area (Å²) in [6, 6.07) is 5.77. The Hall–Kier alpha value is -0.850. The number of aryl methyl sites for hydroxylation is 1. The summed E-state index contributed by atoms with van der Waals surface area (Å²) < 4.78 is 5.19. The SMILES string of the molecule is COc1cc(C)c(Cl)cc1SCC#N. The van der Waals surface area contributed by atoms with Crippen LogP contribution in [0.1, 0.15) is 5.56 Å². The zero-order valence-electron chi connectivity index (χ0n) is 8.00. The van der Waals surface area contributed by atoms with Crippen molar-refractivity contribution in [2.24, 2.45) is 0 Å². The van der Waals surface area contributed by atoms with Crippen LogP contribution in [0.5, 0.6) is 5.75 Å². The maximum atomic E-state index is 8.47. The van der Waals surface area contributed by atoms with E-state index in [1.165, 1.54) is 11.8 Å². The van der Waals surface area contributed by atoms with E-state index in [4.69, 9.17) is 21.6 Å². The molecule has 0 N–H and O–H groups in total. The van der Waals surface area contributed by atoms with Gasteiger partial charge in [-0.2, -0.15) is 5.26 Å². The number of hydrogen-bond donors (Lipinski definition) is 0. The number of methoxy groups -OCH3 is 1. The van der Waals surface area contributed by atoms with Gasteiger partial charge in [-0.1, -0.05) is 11.6 Å². The first-order valence-electron chi connectivity index (χ1n) is 4.03. The lowest BCUT2D eigenvalue weighted by atomic mass is 10.2. The first kappa shape index (κ1) is 11.2. The van der Waals surface area contributed by atoms with Crippen molar-refractivity contribution in [2.75, 3.05) is 12.9 Å². The molecule has 2 nitrogen and oxygen atoms in total. The number of rotatable bonds is 3. The summed E-state index contributed by atoms with van der Waals surface area (Å²) in [4.78, 5) is 0.907. The second kappa shape index (κ2) is 5.14. The van der Waals surface area contributed by atoms with Crippen molar-refractivity contribution in [2.45, 2.75) is 11.8 Å². The van der Waals surface area contributed by atoms with E-state index in [-0.39, 0.29) is 0 Å². The highest BCUT2D eigenvalue weighted by molar-refractivity contribution is 7.99. The van der Waals surface area contributed by atoms with E-state index in [0.29, 0.717) is 10.8 Å². The van der Waals surface area contributed by atoms with Gasteiger partial charge in [0.05, 0.1) is 23.8 Å². The van der Waals surface area contributed by atoms with Crippen molar-refractivity contribution in [3.05, 3.63) is 22.7 Å². The Morgan fingerprint density at radius 1 is 1.57 bits per heavy atom. The van der Waals surface area contributed by atoms with Crippen LogP contribution in [0.25, 0.3) is 0 Å². The van der Waals surface area contributed by atoms with Crippen LogP contribution in [0.4, 0.5) is 0 Å². The minimum absolute atomic E-state index is 0.399. The number of ether oxygens (including phenoxy) is 1. The summed E-state index contributed by atoms with van der Waals surface area (Å²) in [7, 11) is 1.61. The van der Waals surface area contributed by atoms with Crippen LogP contribution in [0.2, 0.25) is 5.02 Å². The normalized spacial score (nSPS) is 9.57. The Morgan fingerprint density at radius 3 is 2.86 bits per heavy atom. The summed E-state index contributed by atoms with van der Waals surface area (Å²) >= 11 is 7.39. The fourth-order valence-electron chi connectivity index (χ4n) is 1.02. The van der Waals surface area contributed by atoms with Gasteiger partial charge in [0.1, 0.15) is 5.75 Å². The second-order valence-electron chi connectivity index (χ2n) is 2.70. The molecule has 0 spiro atoms. The maximum absolute atomic E-state index is 8.47. The third-order valence-electron chi connectivity index (χ3n) is 1.74. The predicted molar refractivity (Wildman–Crippen MR) is 59.1 cm³/mol. The Kier molecular flexibility index (Phi) is 4.12. The Morgan fingerprint density at radius 2 is 2.29 bits per heavy atom. The second-order valence-corrected chi connectivity index (χ2v) is 4.12. The van der Waals surface area contributed by atoms with Crippen molar-refractivity contribution in [1.29, 1.82) is 5.26 Å². The molecule has 0 heterocycles. The van der Waals surface area contributed by atoms with Gasteiger partial charge in [0.2, 0.25) is 0 Å². The first-order valence-corrected chi connectivity index (χ1v) is 5.39. The number of benzene rings is 1. The molecule has 0 aliphatic heterocycles. The summed E-state index contributed by atoms with van der Waals surface area (Å²) in [5, 5.41) is 9.17. The molecule has 1 rings (SSSR count). The lowest BCUT2D eigenvalue weighted by Crippen LogP contribution is -1.88. The largest absolute Gasteiger partial charge is 0.496 e. The zero-order valence-corrected chi connectivity index (χ0v) is 9.58. The molecule has 0 saturated heterocycles. The van der Waals surface area contributed by atoms with E-state index in [2.05, 4.69) is 6.07 Å². The number of nitriles is 1. The molecule has 0 aromatic heterocycles. The number of thioether (sulfide) groups is 1. The van der Waals surface area contributed by atoms with Gasteiger partial charge < -0.3 is 4.74 Å². The van der Waals surface area contributed by atoms with E-state index < -0.39 is 0 Å². The minimum Gasteiger partial charge on any atom is -0.496 e. The molecule has 0 saturated carbocycles. The molecule has 0 radical (unpaired) electrons. The topological polar surface area (TPSA) is 33.0 Å². The van der Waals surface area contributed by atoms with Crippen molar-refractivity contribution in [1.82, 2.24) is 0 Å². The lowest BCUT2D eigenvalue weighted by molar-refractivity contribution is 0.404. The number of halogens is 1. The molecular formula is C10H10ClNOS. The molecule has 0 unspecified atom stereocenters. The maximum Gasteiger partial charge on any atom is 0.132 e. The zero-order chi connectivity index (χ0) is 10.6. The van der Waals surface area contributed by atoms with Crippen molar-refractivity contribution in [3.8, 4) is 11.8 Å². The van der Waals surface area contributed by atoms with Gasteiger partial charge in [-0.05, 0) is 24.6 Å². The van der Waals surface area contributed by atoms with Gasteiger partial charge in [0.25, 0.3) is 0 Å². The fraction of sp³-hybridized carbons (Fsp3) is 0.300. The molecule has 4 heteroatoms. The van der Waals surface area contributed by atoms with Crippen molar-refractivity contribution >= 4 is 23.4 Å². The van der Waals surface area contributed by atoms with Gasteiger partial charge in [-0.25, -0.2) is 0 Å². The fourth-order valence-corrected chi connectivity index (χ4v) is 1.95. The Labute approximate surface area is 92.8 Å². The van der Waals surface area contributed by atoms with Crippen LogP contribution < -0.4 is 4.74 Å². The molecule has 0 amide bonds. The average Bonchev–Trinajstić information content (AvgIpc) is 2.19. The lowest BCUT2D eigenvalue weighted by Gasteiger charge is -2.08. The third kappa shape index (κ3) is 2.57. The monoisotopic (exact) mass is 227 g/mol. The van der Waals surface area contributed by atoms with E-state index in [0.717, 1.165) is 16.2 Å². The Balaban J connectivity index is 3.02. The highest BCUT2D eigenvalue weighted by Gasteiger charge is 2.06. The molecule has 0 bridgehead atoms. The number of nitrogens with zero attached hydrogens (tertiary/aromatic N) is 1. The molecular weight excluding hydrogens is 218 g/mol. The van der Waals surface area contributed by atoms with Crippen LogP contribution in [-0.2, 0) is 0 Å². The highest BCUT2D eigenvalue weighted by atomic mass is 35.5. The summed E-state index contributed by atoms with van der Waals surface area (Å²) in [5.41, 5.74) is 0.977. The molecule has 1 aromatic carbocycles. The molecule has 0 aliphatic rings. The summed E-state index contributed by atoms with van der Waals surface area (Å²) in [6.45, 7) is 1.92. The smallest absolute Gasteiger partial charge is 0.132 e. The minimum atomic E-state index is 0.399. The molecule has 14 heavy (non-hydrogen) atoms. The van der Waals surface area contributed by atoms with Crippen molar-refractivity contribution in [3.63, 3.8) is 0 Å². The van der Waals surface area contributed by atoms with Crippen LogP contribution in [0.15, 0.2) is 17.0 Å². The van der Waals surface area contributed by atoms with Gasteiger partial charge in [0.15, 0.2) is 0 Å². The summed E-state index contributed by atoms with van der Waals surface area (Å²) in [6.07, 6.45) is 0. The van der Waals surface area contributed by atoms with Gasteiger partial charge in [0, 0.05) is 5.02 Å².